The fourth-order valence-corrected chi connectivity index (χ4v) is 4.86. The van der Waals surface area contributed by atoms with Gasteiger partial charge >= 0.3 is 0 Å². The first-order valence-electron chi connectivity index (χ1n) is 14.6. The zero-order valence-electron chi connectivity index (χ0n) is 24.7. The minimum atomic E-state index is -0.131. The van der Waals surface area contributed by atoms with Crippen molar-refractivity contribution in [1.82, 2.24) is 0 Å². The Bertz CT molecular complexity index is 901. The van der Waals surface area contributed by atoms with Crippen molar-refractivity contribution in [1.29, 1.82) is 0 Å². The molecule has 0 bridgehead atoms. The summed E-state index contributed by atoms with van der Waals surface area (Å²) in [7, 11) is 0. The molecule has 6 atom stereocenters. The van der Waals surface area contributed by atoms with Crippen LogP contribution in [0.15, 0.2) is 48.5 Å². The van der Waals surface area contributed by atoms with Crippen LogP contribution in [0.5, 0.6) is 11.5 Å². The van der Waals surface area contributed by atoms with E-state index in [1.165, 1.54) is 11.1 Å². The van der Waals surface area contributed by atoms with Crippen molar-refractivity contribution in [2.24, 2.45) is 11.8 Å². The fraction of sp³-hybridized carbons (Fsp3) is 0.636. The highest BCUT2D eigenvalue weighted by Crippen LogP contribution is 2.33. The maximum atomic E-state index is 6.08. The third-order valence-corrected chi connectivity index (χ3v) is 7.63. The van der Waals surface area contributed by atoms with E-state index in [0.717, 1.165) is 37.6 Å². The predicted molar refractivity (Wildman–Crippen MR) is 154 cm³/mol. The van der Waals surface area contributed by atoms with E-state index in [1.807, 2.05) is 0 Å². The normalized spacial score (nSPS) is 21.6. The Labute approximate surface area is 235 Å². The van der Waals surface area contributed by atoms with Gasteiger partial charge in [0.2, 0.25) is 0 Å². The molecule has 0 saturated carbocycles. The molecule has 2 heterocycles. The topological polar surface area (TPSA) is 62.0 Å². The van der Waals surface area contributed by atoms with Gasteiger partial charge in [-0.15, -0.1) is 0 Å². The SMILES string of the molecule is CC(COc1ccc(C(C)(C)c2ccc(OCC(C)CC(C)OCC3CO3)cc2)cc1)CC(C)OCC1CO1. The Morgan fingerprint density at radius 1 is 0.667 bits per heavy atom. The number of epoxide rings is 2. The molecule has 2 saturated heterocycles. The molecule has 2 aliphatic rings. The smallest absolute Gasteiger partial charge is 0.119 e. The summed E-state index contributed by atoms with van der Waals surface area (Å²) in [6, 6.07) is 17.0. The van der Waals surface area contributed by atoms with Crippen LogP contribution in [0.25, 0.3) is 0 Å². The summed E-state index contributed by atoms with van der Waals surface area (Å²) >= 11 is 0. The van der Waals surface area contributed by atoms with Crippen molar-refractivity contribution in [3.8, 4) is 11.5 Å². The van der Waals surface area contributed by atoms with Crippen molar-refractivity contribution in [2.75, 3.05) is 39.6 Å². The van der Waals surface area contributed by atoms with Gasteiger partial charge in [0.1, 0.15) is 23.7 Å². The summed E-state index contributed by atoms with van der Waals surface area (Å²) in [6.45, 7) is 17.6. The summed E-state index contributed by atoms with van der Waals surface area (Å²) in [5.74, 6) is 2.64. The lowest BCUT2D eigenvalue weighted by Gasteiger charge is -2.27. The molecule has 0 aliphatic carbocycles. The van der Waals surface area contributed by atoms with Crippen molar-refractivity contribution in [3.63, 3.8) is 0 Å². The minimum Gasteiger partial charge on any atom is -0.493 e. The lowest BCUT2D eigenvalue weighted by atomic mass is 9.78. The molecule has 6 heteroatoms. The maximum absolute atomic E-state index is 6.08. The molecule has 6 nitrogen and oxygen atoms in total. The highest BCUT2D eigenvalue weighted by Gasteiger charge is 2.25. The molecule has 0 radical (unpaired) electrons. The molecule has 39 heavy (non-hydrogen) atoms. The number of benzene rings is 2. The number of ether oxygens (including phenoxy) is 6. The van der Waals surface area contributed by atoms with Gasteiger partial charge in [0.05, 0.1) is 51.8 Å². The van der Waals surface area contributed by atoms with Crippen LogP contribution in [-0.4, -0.2) is 64.1 Å². The summed E-state index contributed by atoms with van der Waals surface area (Å²) in [5, 5.41) is 0. The number of hydrogen-bond acceptors (Lipinski definition) is 6. The van der Waals surface area contributed by atoms with E-state index in [4.69, 9.17) is 28.4 Å². The highest BCUT2D eigenvalue weighted by molar-refractivity contribution is 5.41. The third-order valence-electron chi connectivity index (χ3n) is 7.63. The van der Waals surface area contributed by atoms with Crippen LogP contribution in [0.2, 0.25) is 0 Å². The Morgan fingerprint density at radius 3 is 1.36 bits per heavy atom. The van der Waals surface area contributed by atoms with Gasteiger partial charge in [-0.05, 0) is 73.9 Å². The van der Waals surface area contributed by atoms with E-state index in [0.29, 0.717) is 50.5 Å². The van der Waals surface area contributed by atoms with E-state index in [-0.39, 0.29) is 17.6 Å². The first-order valence-corrected chi connectivity index (χ1v) is 14.6. The first kappa shape index (κ1) is 29.9. The molecular weight excluding hydrogens is 492 g/mol. The Balaban J connectivity index is 1.20. The first-order chi connectivity index (χ1) is 18.7. The van der Waals surface area contributed by atoms with Gasteiger partial charge in [0, 0.05) is 5.41 Å². The standard InChI is InChI=1S/C33H48O6/c1-23(15-25(3)34-19-31-21-38-31)17-36-29-11-7-27(8-12-29)33(5,6)28-9-13-30(14-10-28)37-18-24(2)16-26(4)35-20-32-22-39-32/h7-14,23-26,31-32H,15-22H2,1-6H3. The van der Waals surface area contributed by atoms with Gasteiger partial charge in [-0.3, -0.25) is 0 Å². The molecule has 0 amide bonds. The van der Waals surface area contributed by atoms with Crippen molar-refractivity contribution in [3.05, 3.63) is 59.7 Å². The second-order valence-corrected chi connectivity index (χ2v) is 12.2. The number of rotatable bonds is 18. The maximum Gasteiger partial charge on any atom is 0.119 e. The van der Waals surface area contributed by atoms with Crippen LogP contribution in [0.3, 0.4) is 0 Å². The van der Waals surface area contributed by atoms with E-state index in [9.17, 15) is 0 Å². The second-order valence-electron chi connectivity index (χ2n) is 12.2. The van der Waals surface area contributed by atoms with Gasteiger partial charge in [0.15, 0.2) is 0 Å². The van der Waals surface area contributed by atoms with E-state index < -0.39 is 0 Å². The van der Waals surface area contributed by atoms with Gasteiger partial charge in [-0.2, -0.15) is 0 Å². The molecule has 0 aromatic heterocycles. The fourth-order valence-electron chi connectivity index (χ4n) is 4.86. The van der Waals surface area contributed by atoms with Gasteiger partial charge < -0.3 is 28.4 Å². The van der Waals surface area contributed by atoms with E-state index in [1.54, 1.807) is 0 Å². The predicted octanol–water partition coefficient (Wildman–Crippen LogP) is 6.43. The van der Waals surface area contributed by atoms with Crippen LogP contribution in [0, 0.1) is 11.8 Å². The molecular formula is C33H48O6. The molecule has 2 aliphatic heterocycles. The largest absolute Gasteiger partial charge is 0.493 e. The quantitative estimate of drug-likeness (QED) is 0.203. The molecule has 2 aromatic carbocycles. The van der Waals surface area contributed by atoms with Gasteiger partial charge in [-0.1, -0.05) is 52.0 Å². The molecule has 2 aromatic rings. The third kappa shape index (κ3) is 10.1. The van der Waals surface area contributed by atoms with Crippen LogP contribution in [-0.2, 0) is 24.4 Å². The molecule has 216 valence electrons. The minimum absolute atomic E-state index is 0.131. The molecule has 2 fully saturated rings. The average Bonchev–Trinajstić information content (AvgIpc) is 3.84. The summed E-state index contributed by atoms with van der Waals surface area (Å²) < 4.78 is 34.3. The lowest BCUT2D eigenvalue weighted by Crippen LogP contribution is -2.20. The van der Waals surface area contributed by atoms with Crippen molar-refractivity contribution in [2.45, 2.75) is 84.2 Å². The van der Waals surface area contributed by atoms with Crippen LogP contribution >= 0.6 is 0 Å². The van der Waals surface area contributed by atoms with Crippen molar-refractivity contribution < 1.29 is 28.4 Å². The average molecular weight is 541 g/mol. The van der Waals surface area contributed by atoms with Crippen LogP contribution in [0.4, 0.5) is 0 Å². The Morgan fingerprint density at radius 2 is 1.03 bits per heavy atom. The Kier molecular flexibility index (Phi) is 10.7. The van der Waals surface area contributed by atoms with Crippen molar-refractivity contribution >= 4 is 0 Å². The van der Waals surface area contributed by atoms with Crippen LogP contribution < -0.4 is 9.47 Å². The Hall–Kier alpha value is -2.12. The number of hydrogen-bond donors (Lipinski definition) is 0. The van der Waals surface area contributed by atoms with E-state index >= 15 is 0 Å². The second kappa shape index (κ2) is 14.0. The monoisotopic (exact) mass is 540 g/mol. The molecule has 0 spiro atoms. The summed E-state index contributed by atoms with van der Waals surface area (Å²) in [6.07, 6.45) is 3.00. The highest BCUT2D eigenvalue weighted by atomic mass is 16.6. The van der Waals surface area contributed by atoms with E-state index in [2.05, 4.69) is 90.1 Å². The zero-order chi connectivity index (χ0) is 27.8. The molecule has 6 unspecified atom stereocenters. The van der Waals surface area contributed by atoms with Crippen LogP contribution in [0.1, 0.15) is 65.5 Å². The zero-order valence-corrected chi connectivity index (χ0v) is 24.7. The lowest BCUT2D eigenvalue weighted by molar-refractivity contribution is 0.0353. The summed E-state index contributed by atoms with van der Waals surface area (Å²) in [5.41, 5.74) is 2.37. The molecule has 4 rings (SSSR count). The van der Waals surface area contributed by atoms with Gasteiger partial charge in [-0.25, -0.2) is 0 Å². The molecule has 0 N–H and O–H groups in total. The van der Waals surface area contributed by atoms with Gasteiger partial charge in [0.25, 0.3) is 0 Å². The summed E-state index contributed by atoms with van der Waals surface area (Å²) in [4.78, 5) is 0.